The molecule has 0 heterocycles. The standard InChI is InChI=1S/C19H23ClN2O3S/c1-11-7-14(4)19(15(5)8-11)26(24,25)21-10-17(23)22-18-13(3)6-12(2)9-16(18)20/h6-9,21H,10H2,1-5H3,(H,22,23). The lowest BCUT2D eigenvalue weighted by molar-refractivity contribution is -0.115. The maximum Gasteiger partial charge on any atom is 0.241 e. The molecular weight excluding hydrogens is 372 g/mol. The van der Waals surface area contributed by atoms with Crippen LogP contribution in [0.3, 0.4) is 0 Å². The van der Waals surface area contributed by atoms with Gasteiger partial charge in [0.15, 0.2) is 0 Å². The molecule has 2 rings (SSSR count). The van der Waals surface area contributed by atoms with Gasteiger partial charge in [0.1, 0.15) is 0 Å². The average molecular weight is 395 g/mol. The number of nitrogens with one attached hydrogen (secondary N) is 2. The number of hydrogen-bond donors (Lipinski definition) is 2. The third kappa shape index (κ3) is 4.63. The smallest absolute Gasteiger partial charge is 0.241 e. The molecule has 0 radical (unpaired) electrons. The molecule has 0 unspecified atom stereocenters. The predicted molar refractivity (Wildman–Crippen MR) is 105 cm³/mol. The van der Waals surface area contributed by atoms with Crippen LogP contribution < -0.4 is 10.0 Å². The molecule has 0 spiro atoms. The van der Waals surface area contributed by atoms with Crippen molar-refractivity contribution in [1.82, 2.24) is 4.72 Å². The highest BCUT2D eigenvalue weighted by Gasteiger charge is 2.21. The van der Waals surface area contributed by atoms with Crippen molar-refractivity contribution in [2.75, 3.05) is 11.9 Å². The van der Waals surface area contributed by atoms with Crippen LogP contribution in [0.1, 0.15) is 27.8 Å². The summed E-state index contributed by atoms with van der Waals surface area (Å²) >= 11 is 6.17. The highest BCUT2D eigenvalue weighted by Crippen LogP contribution is 2.27. The molecule has 0 aromatic heterocycles. The monoisotopic (exact) mass is 394 g/mol. The number of carbonyl (C=O) groups excluding carboxylic acids is 1. The van der Waals surface area contributed by atoms with E-state index in [1.165, 1.54) is 0 Å². The van der Waals surface area contributed by atoms with Crippen molar-refractivity contribution in [3.63, 3.8) is 0 Å². The third-order valence-electron chi connectivity index (χ3n) is 3.99. The van der Waals surface area contributed by atoms with Gasteiger partial charge in [0.25, 0.3) is 0 Å². The van der Waals surface area contributed by atoms with E-state index in [1.807, 2.05) is 26.8 Å². The van der Waals surface area contributed by atoms with Crippen LogP contribution in [0.5, 0.6) is 0 Å². The fourth-order valence-electron chi connectivity index (χ4n) is 3.08. The Kier molecular flexibility index (Phi) is 6.11. The van der Waals surface area contributed by atoms with Gasteiger partial charge in [-0.3, -0.25) is 4.79 Å². The van der Waals surface area contributed by atoms with Crippen LogP contribution >= 0.6 is 11.6 Å². The highest BCUT2D eigenvalue weighted by atomic mass is 35.5. The van der Waals surface area contributed by atoms with Crippen LogP contribution in [-0.4, -0.2) is 20.9 Å². The quantitative estimate of drug-likeness (QED) is 0.809. The molecule has 140 valence electrons. The van der Waals surface area contributed by atoms with Gasteiger partial charge < -0.3 is 5.32 Å². The van der Waals surface area contributed by atoms with E-state index in [2.05, 4.69) is 10.0 Å². The minimum atomic E-state index is -3.80. The highest BCUT2D eigenvalue weighted by molar-refractivity contribution is 7.89. The van der Waals surface area contributed by atoms with E-state index in [9.17, 15) is 13.2 Å². The summed E-state index contributed by atoms with van der Waals surface area (Å²) in [7, 11) is -3.80. The molecule has 2 aromatic carbocycles. The first-order chi connectivity index (χ1) is 12.0. The Morgan fingerprint density at radius 3 is 1.96 bits per heavy atom. The van der Waals surface area contributed by atoms with Gasteiger partial charge in [-0.15, -0.1) is 0 Å². The molecule has 0 saturated carbocycles. The summed E-state index contributed by atoms with van der Waals surface area (Å²) < 4.78 is 27.6. The molecule has 1 amide bonds. The third-order valence-corrected chi connectivity index (χ3v) is 6.00. The first kappa shape index (κ1) is 20.4. The number of sulfonamides is 1. The molecule has 0 saturated heterocycles. The molecule has 0 bridgehead atoms. The lowest BCUT2D eigenvalue weighted by atomic mass is 10.1. The zero-order valence-corrected chi connectivity index (χ0v) is 17.1. The first-order valence-electron chi connectivity index (χ1n) is 8.15. The summed E-state index contributed by atoms with van der Waals surface area (Å²) in [6.07, 6.45) is 0. The summed E-state index contributed by atoms with van der Waals surface area (Å²) in [6, 6.07) is 7.24. The van der Waals surface area contributed by atoms with Crippen molar-refractivity contribution in [3.8, 4) is 0 Å². The van der Waals surface area contributed by atoms with Gasteiger partial charge in [-0.1, -0.05) is 35.4 Å². The van der Waals surface area contributed by atoms with E-state index >= 15 is 0 Å². The topological polar surface area (TPSA) is 75.3 Å². The molecule has 0 aliphatic heterocycles. The first-order valence-corrected chi connectivity index (χ1v) is 10.0. The van der Waals surface area contributed by atoms with Gasteiger partial charge in [0.2, 0.25) is 15.9 Å². The molecule has 0 fully saturated rings. The zero-order valence-electron chi connectivity index (χ0n) is 15.5. The van der Waals surface area contributed by atoms with E-state index in [4.69, 9.17) is 11.6 Å². The van der Waals surface area contributed by atoms with Crippen molar-refractivity contribution in [3.05, 3.63) is 57.1 Å². The summed E-state index contributed by atoms with van der Waals surface area (Å²) in [5.41, 5.74) is 4.57. The minimum absolute atomic E-state index is 0.209. The number of benzene rings is 2. The lowest BCUT2D eigenvalue weighted by Crippen LogP contribution is -2.33. The Labute approximate surface area is 159 Å². The summed E-state index contributed by atoms with van der Waals surface area (Å²) in [5, 5.41) is 3.09. The number of halogens is 1. The second-order valence-corrected chi connectivity index (χ2v) is 8.65. The normalized spacial score (nSPS) is 11.5. The summed E-state index contributed by atoms with van der Waals surface area (Å²) in [5.74, 6) is -0.482. The average Bonchev–Trinajstić information content (AvgIpc) is 2.47. The summed E-state index contributed by atoms with van der Waals surface area (Å²) in [4.78, 5) is 12.4. The fraction of sp³-hybridized carbons (Fsp3) is 0.316. The summed E-state index contributed by atoms with van der Waals surface area (Å²) in [6.45, 7) is 8.75. The van der Waals surface area contributed by atoms with Gasteiger partial charge in [-0.25, -0.2) is 13.1 Å². The van der Waals surface area contributed by atoms with Crippen LogP contribution in [0.2, 0.25) is 5.02 Å². The number of amides is 1. The Bertz CT molecular complexity index is 923. The molecular formula is C19H23ClN2O3S. The maximum atomic E-state index is 12.6. The van der Waals surface area contributed by atoms with Crippen molar-refractivity contribution in [2.24, 2.45) is 0 Å². The number of aryl methyl sites for hydroxylation is 5. The van der Waals surface area contributed by atoms with Crippen molar-refractivity contribution < 1.29 is 13.2 Å². The molecule has 5 nitrogen and oxygen atoms in total. The second kappa shape index (κ2) is 7.78. The Balaban J connectivity index is 2.15. The molecule has 2 aromatic rings. The minimum Gasteiger partial charge on any atom is -0.323 e. The predicted octanol–water partition coefficient (Wildman–Crippen LogP) is 3.80. The Hall–Kier alpha value is -1.89. The fourth-order valence-corrected chi connectivity index (χ4v) is 4.88. The van der Waals surface area contributed by atoms with Crippen molar-refractivity contribution in [2.45, 2.75) is 39.5 Å². The van der Waals surface area contributed by atoms with Crippen molar-refractivity contribution in [1.29, 1.82) is 0 Å². The van der Waals surface area contributed by atoms with Crippen LogP contribution in [0, 0.1) is 34.6 Å². The number of carbonyl (C=O) groups is 1. The zero-order chi connectivity index (χ0) is 19.6. The van der Waals surface area contributed by atoms with Gasteiger partial charge >= 0.3 is 0 Å². The van der Waals surface area contributed by atoms with Gasteiger partial charge in [0, 0.05) is 0 Å². The second-order valence-electron chi connectivity index (χ2n) is 6.54. The van der Waals surface area contributed by atoms with Crippen LogP contribution in [-0.2, 0) is 14.8 Å². The van der Waals surface area contributed by atoms with Crippen LogP contribution in [0.25, 0.3) is 0 Å². The van der Waals surface area contributed by atoms with Gasteiger partial charge in [0.05, 0.1) is 22.2 Å². The number of anilines is 1. The maximum absolute atomic E-state index is 12.6. The van der Waals surface area contributed by atoms with E-state index in [-0.39, 0.29) is 11.4 Å². The van der Waals surface area contributed by atoms with Gasteiger partial charge in [-0.05, 0) is 62.9 Å². The molecule has 0 aliphatic carbocycles. The molecule has 2 N–H and O–H groups in total. The molecule has 26 heavy (non-hydrogen) atoms. The molecule has 0 aliphatic rings. The number of rotatable bonds is 5. The van der Waals surface area contributed by atoms with Gasteiger partial charge in [-0.2, -0.15) is 0 Å². The Morgan fingerprint density at radius 1 is 0.923 bits per heavy atom. The molecule has 7 heteroatoms. The lowest BCUT2D eigenvalue weighted by Gasteiger charge is -2.14. The Morgan fingerprint density at radius 2 is 1.42 bits per heavy atom. The van der Waals surface area contributed by atoms with Crippen molar-refractivity contribution >= 4 is 33.2 Å². The van der Waals surface area contributed by atoms with E-state index in [0.29, 0.717) is 21.8 Å². The van der Waals surface area contributed by atoms with E-state index < -0.39 is 15.9 Å². The van der Waals surface area contributed by atoms with Crippen LogP contribution in [0.4, 0.5) is 5.69 Å². The largest absolute Gasteiger partial charge is 0.323 e. The van der Waals surface area contributed by atoms with Crippen LogP contribution in [0.15, 0.2) is 29.2 Å². The SMILES string of the molecule is Cc1cc(C)c(S(=O)(=O)NCC(=O)Nc2c(C)cc(C)cc2Cl)c(C)c1. The van der Waals surface area contributed by atoms with E-state index in [1.54, 1.807) is 32.0 Å². The number of hydrogen-bond acceptors (Lipinski definition) is 3. The van der Waals surface area contributed by atoms with E-state index in [0.717, 1.165) is 16.7 Å². The molecule has 0 atom stereocenters.